The van der Waals surface area contributed by atoms with Gasteiger partial charge in [-0.2, -0.15) is 4.98 Å². The van der Waals surface area contributed by atoms with Crippen LogP contribution in [0.15, 0.2) is 16.0 Å². The van der Waals surface area contributed by atoms with Crippen LogP contribution in [0.25, 0.3) is 10.2 Å². The predicted molar refractivity (Wildman–Crippen MR) is 82.6 cm³/mol. The summed E-state index contributed by atoms with van der Waals surface area (Å²) in [6.45, 7) is 4.56. The molecule has 0 fully saturated rings. The van der Waals surface area contributed by atoms with Crippen LogP contribution in [0.1, 0.15) is 30.9 Å². The third-order valence-electron chi connectivity index (χ3n) is 3.13. The van der Waals surface area contributed by atoms with Crippen LogP contribution in [-0.4, -0.2) is 27.2 Å². The van der Waals surface area contributed by atoms with E-state index in [2.05, 4.69) is 27.0 Å². The maximum atomic E-state index is 5.22. The topological polar surface area (TPSA) is 67.9 Å². The van der Waals surface area contributed by atoms with Gasteiger partial charge in [0.05, 0.1) is 11.9 Å². The Morgan fingerprint density at radius 2 is 2.14 bits per heavy atom. The molecule has 0 bridgehead atoms. The maximum Gasteiger partial charge on any atom is 0.226 e. The molecule has 0 aliphatic carbocycles. The van der Waals surface area contributed by atoms with Crippen molar-refractivity contribution in [3.05, 3.63) is 29.0 Å². The third-order valence-corrected chi connectivity index (χ3v) is 3.94. The van der Waals surface area contributed by atoms with E-state index in [1.807, 2.05) is 30.3 Å². The summed E-state index contributed by atoms with van der Waals surface area (Å²) in [5, 5.41) is 7.11. The van der Waals surface area contributed by atoms with Gasteiger partial charge in [-0.3, -0.25) is 0 Å². The van der Waals surface area contributed by atoms with Crippen molar-refractivity contribution in [3.63, 3.8) is 0 Å². The lowest BCUT2D eigenvalue weighted by Gasteiger charge is -2.17. The highest BCUT2D eigenvalue weighted by Gasteiger charge is 2.14. The Balaban J connectivity index is 1.85. The van der Waals surface area contributed by atoms with Gasteiger partial charge in [-0.15, -0.1) is 11.3 Å². The largest absolute Gasteiger partial charge is 0.351 e. The van der Waals surface area contributed by atoms with Gasteiger partial charge in [0.2, 0.25) is 5.89 Å². The fraction of sp³-hybridized carbons (Fsp3) is 0.429. The van der Waals surface area contributed by atoms with E-state index >= 15 is 0 Å². The van der Waals surface area contributed by atoms with E-state index in [1.165, 1.54) is 0 Å². The number of nitrogens with zero attached hydrogens (tertiary/aromatic N) is 5. The van der Waals surface area contributed by atoms with E-state index in [-0.39, 0.29) is 0 Å². The Bertz CT molecular complexity index is 751. The van der Waals surface area contributed by atoms with E-state index in [1.54, 1.807) is 11.3 Å². The number of aryl methyl sites for hydroxylation is 2. The summed E-state index contributed by atoms with van der Waals surface area (Å²) in [4.78, 5) is 16.4. The van der Waals surface area contributed by atoms with Gasteiger partial charge in [-0.25, -0.2) is 9.97 Å². The molecule has 0 saturated carbocycles. The van der Waals surface area contributed by atoms with E-state index in [0.29, 0.717) is 18.3 Å². The molecule has 3 rings (SSSR count). The first-order valence-corrected chi connectivity index (χ1v) is 7.79. The average molecular weight is 303 g/mol. The average Bonchev–Trinajstić information content (AvgIpc) is 3.07. The van der Waals surface area contributed by atoms with E-state index in [9.17, 15) is 0 Å². The van der Waals surface area contributed by atoms with Gasteiger partial charge in [-0.1, -0.05) is 12.1 Å². The Morgan fingerprint density at radius 1 is 1.29 bits per heavy atom. The zero-order valence-corrected chi connectivity index (χ0v) is 13.1. The minimum absolute atomic E-state index is 0.564. The molecule has 0 radical (unpaired) electrons. The second-order valence-corrected chi connectivity index (χ2v) is 5.84. The smallest absolute Gasteiger partial charge is 0.226 e. The molecule has 7 heteroatoms. The molecule has 21 heavy (non-hydrogen) atoms. The Morgan fingerprint density at radius 3 is 2.95 bits per heavy atom. The highest BCUT2D eigenvalue weighted by molar-refractivity contribution is 7.16. The van der Waals surface area contributed by atoms with Crippen molar-refractivity contribution in [1.29, 1.82) is 0 Å². The van der Waals surface area contributed by atoms with Crippen LogP contribution >= 0.6 is 11.3 Å². The molecular formula is C14H17N5OS. The highest BCUT2D eigenvalue weighted by Crippen LogP contribution is 2.27. The lowest BCUT2D eigenvalue weighted by atomic mass is 10.3. The standard InChI is InChI=1S/C14H17N5OS/c1-4-5-12-17-11(18-20-12)8-19(3)13-10-6-7-21-14(10)16-9(2)15-13/h6-7H,4-5,8H2,1-3H3. The second-order valence-electron chi connectivity index (χ2n) is 4.94. The van der Waals surface area contributed by atoms with E-state index < -0.39 is 0 Å². The number of hydrogen-bond acceptors (Lipinski definition) is 7. The molecule has 3 heterocycles. The van der Waals surface area contributed by atoms with Crippen LogP contribution in [0.4, 0.5) is 5.82 Å². The molecule has 0 N–H and O–H groups in total. The monoisotopic (exact) mass is 303 g/mol. The molecule has 0 atom stereocenters. The van der Waals surface area contributed by atoms with Gasteiger partial charge in [0, 0.05) is 13.5 Å². The molecule has 110 valence electrons. The molecule has 0 aromatic carbocycles. The lowest BCUT2D eigenvalue weighted by Crippen LogP contribution is -2.19. The van der Waals surface area contributed by atoms with Gasteiger partial charge in [-0.05, 0) is 24.8 Å². The number of thiophene rings is 1. The second kappa shape index (κ2) is 5.77. The lowest BCUT2D eigenvalue weighted by molar-refractivity contribution is 0.372. The van der Waals surface area contributed by atoms with Crippen molar-refractivity contribution in [2.24, 2.45) is 0 Å². The summed E-state index contributed by atoms with van der Waals surface area (Å²) in [6.07, 6.45) is 1.82. The maximum absolute atomic E-state index is 5.22. The minimum atomic E-state index is 0.564. The molecule has 3 aromatic rings. The predicted octanol–water partition coefficient (Wildman–Crippen LogP) is 2.97. The molecule has 0 aliphatic rings. The van der Waals surface area contributed by atoms with Crippen LogP contribution < -0.4 is 4.90 Å². The van der Waals surface area contributed by atoms with Crippen LogP contribution in [0.2, 0.25) is 0 Å². The SMILES string of the molecule is CCCc1nc(CN(C)c2nc(C)nc3sccc23)no1. The highest BCUT2D eigenvalue weighted by atomic mass is 32.1. The first kappa shape index (κ1) is 13.9. The number of hydrogen-bond donors (Lipinski definition) is 0. The van der Waals surface area contributed by atoms with Gasteiger partial charge in [0.15, 0.2) is 5.82 Å². The van der Waals surface area contributed by atoms with E-state index in [0.717, 1.165) is 34.7 Å². The number of aromatic nitrogens is 4. The van der Waals surface area contributed by atoms with Crippen LogP contribution in [0.5, 0.6) is 0 Å². The minimum Gasteiger partial charge on any atom is -0.351 e. The molecule has 0 spiro atoms. The molecule has 0 saturated heterocycles. The third kappa shape index (κ3) is 2.87. The molecule has 0 amide bonds. The van der Waals surface area contributed by atoms with Crippen LogP contribution in [0.3, 0.4) is 0 Å². The summed E-state index contributed by atoms with van der Waals surface area (Å²) in [7, 11) is 1.98. The zero-order chi connectivity index (χ0) is 14.8. The zero-order valence-electron chi connectivity index (χ0n) is 12.3. The van der Waals surface area contributed by atoms with Crippen molar-refractivity contribution < 1.29 is 4.52 Å². The molecule has 0 unspecified atom stereocenters. The normalized spacial score (nSPS) is 11.2. The fourth-order valence-electron chi connectivity index (χ4n) is 2.19. The Kier molecular flexibility index (Phi) is 3.83. The fourth-order valence-corrected chi connectivity index (χ4v) is 3.00. The number of rotatable bonds is 5. The summed E-state index contributed by atoms with van der Waals surface area (Å²) in [5.74, 6) is 3.05. The van der Waals surface area contributed by atoms with E-state index in [4.69, 9.17) is 4.52 Å². The van der Waals surface area contributed by atoms with Gasteiger partial charge < -0.3 is 9.42 Å². The first-order valence-electron chi connectivity index (χ1n) is 6.92. The van der Waals surface area contributed by atoms with Crippen molar-refractivity contribution in [2.75, 3.05) is 11.9 Å². The molecule has 6 nitrogen and oxygen atoms in total. The van der Waals surface area contributed by atoms with Crippen LogP contribution in [-0.2, 0) is 13.0 Å². The van der Waals surface area contributed by atoms with Crippen molar-refractivity contribution in [2.45, 2.75) is 33.2 Å². The Labute approximate surface area is 126 Å². The Hall–Kier alpha value is -2.02. The van der Waals surface area contributed by atoms with Gasteiger partial charge in [0.25, 0.3) is 0 Å². The number of anilines is 1. The van der Waals surface area contributed by atoms with Crippen molar-refractivity contribution in [3.8, 4) is 0 Å². The first-order chi connectivity index (χ1) is 10.2. The molecule has 3 aromatic heterocycles. The van der Waals surface area contributed by atoms with Crippen molar-refractivity contribution >= 4 is 27.4 Å². The summed E-state index contributed by atoms with van der Waals surface area (Å²) in [6, 6.07) is 2.05. The molecule has 0 aliphatic heterocycles. The molecular weight excluding hydrogens is 286 g/mol. The van der Waals surface area contributed by atoms with Gasteiger partial charge >= 0.3 is 0 Å². The quantitative estimate of drug-likeness (QED) is 0.722. The van der Waals surface area contributed by atoms with Crippen molar-refractivity contribution in [1.82, 2.24) is 20.1 Å². The summed E-state index contributed by atoms with van der Waals surface area (Å²) < 4.78 is 5.22. The summed E-state index contributed by atoms with van der Waals surface area (Å²) >= 11 is 1.62. The summed E-state index contributed by atoms with van der Waals surface area (Å²) in [5.41, 5.74) is 0. The van der Waals surface area contributed by atoms with Crippen LogP contribution in [0, 0.1) is 6.92 Å². The van der Waals surface area contributed by atoms with Gasteiger partial charge in [0.1, 0.15) is 16.5 Å². The number of fused-ring (bicyclic) bond motifs is 1.